The van der Waals surface area contributed by atoms with E-state index in [0.29, 0.717) is 0 Å². The first-order chi connectivity index (χ1) is 8.21. The number of halogens is 3. The minimum atomic E-state index is -4.21. The number of primary amides is 1. The van der Waals surface area contributed by atoms with Gasteiger partial charge in [0.2, 0.25) is 5.91 Å². The molecule has 18 heavy (non-hydrogen) atoms. The average Bonchev–Trinajstić information content (AvgIpc) is 2.24. The molecule has 0 aliphatic heterocycles. The largest absolute Gasteiger partial charge is 0.481 e. The number of carbonyl (C=O) groups excluding carboxylic acids is 1. The maximum atomic E-state index is 12.4. The Morgan fingerprint density at radius 1 is 1.22 bits per heavy atom. The molecule has 1 saturated carbocycles. The van der Waals surface area contributed by atoms with E-state index in [1.807, 2.05) is 0 Å². The molecule has 4 nitrogen and oxygen atoms in total. The van der Waals surface area contributed by atoms with E-state index in [1.54, 1.807) is 0 Å². The first-order valence-electron chi connectivity index (χ1n) is 5.79. The number of rotatable bonds is 4. The molecule has 0 heterocycles. The normalized spacial score (nSPS) is 26.6. The highest BCUT2D eigenvalue weighted by atomic mass is 19.4. The summed E-state index contributed by atoms with van der Waals surface area (Å²) in [5.74, 6) is -4.60. The Morgan fingerprint density at radius 3 is 2.06 bits per heavy atom. The van der Waals surface area contributed by atoms with Crippen LogP contribution in [0.25, 0.3) is 0 Å². The van der Waals surface area contributed by atoms with E-state index in [1.165, 1.54) is 0 Å². The third-order valence-electron chi connectivity index (χ3n) is 3.54. The maximum absolute atomic E-state index is 12.4. The van der Waals surface area contributed by atoms with Crippen LogP contribution in [0.15, 0.2) is 0 Å². The van der Waals surface area contributed by atoms with Gasteiger partial charge in [0.15, 0.2) is 0 Å². The Morgan fingerprint density at radius 2 is 1.72 bits per heavy atom. The van der Waals surface area contributed by atoms with Gasteiger partial charge in [-0.2, -0.15) is 13.2 Å². The Hall–Kier alpha value is -1.27. The van der Waals surface area contributed by atoms with Gasteiger partial charge < -0.3 is 10.8 Å². The second-order valence-electron chi connectivity index (χ2n) is 4.77. The van der Waals surface area contributed by atoms with Crippen LogP contribution in [0.5, 0.6) is 0 Å². The molecule has 1 fully saturated rings. The molecule has 0 bridgehead atoms. The third-order valence-corrected chi connectivity index (χ3v) is 3.54. The molecule has 1 atom stereocenters. The van der Waals surface area contributed by atoms with Gasteiger partial charge in [-0.15, -0.1) is 0 Å². The summed E-state index contributed by atoms with van der Waals surface area (Å²) in [4.78, 5) is 21.7. The van der Waals surface area contributed by atoms with Crippen LogP contribution in [-0.4, -0.2) is 23.2 Å². The number of hydrogen-bond acceptors (Lipinski definition) is 2. The Kier molecular flexibility index (Phi) is 4.59. The summed E-state index contributed by atoms with van der Waals surface area (Å²) in [6.45, 7) is 0. The molecule has 1 aliphatic rings. The van der Waals surface area contributed by atoms with Crippen LogP contribution in [0.4, 0.5) is 13.2 Å². The lowest BCUT2D eigenvalue weighted by Gasteiger charge is -2.32. The minimum Gasteiger partial charge on any atom is -0.481 e. The molecule has 104 valence electrons. The summed E-state index contributed by atoms with van der Waals surface area (Å²) < 4.78 is 37.3. The van der Waals surface area contributed by atoms with Gasteiger partial charge in [0.1, 0.15) is 0 Å². The zero-order valence-corrected chi connectivity index (χ0v) is 9.74. The van der Waals surface area contributed by atoms with Crippen LogP contribution >= 0.6 is 0 Å². The second-order valence-corrected chi connectivity index (χ2v) is 4.77. The fourth-order valence-electron chi connectivity index (χ4n) is 2.52. The van der Waals surface area contributed by atoms with Gasteiger partial charge in [-0.3, -0.25) is 9.59 Å². The quantitative estimate of drug-likeness (QED) is 0.816. The molecular formula is C11H16F3NO3. The number of carboxylic acids is 1. The third kappa shape index (κ3) is 3.89. The van der Waals surface area contributed by atoms with Gasteiger partial charge in [-0.1, -0.05) is 0 Å². The number of carbonyl (C=O) groups is 2. The molecule has 0 aromatic carbocycles. The standard InChI is InChI=1S/C11H16F3NO3/c12-11(13,14)7-3-1-6(2-4-7)8(10(17)18)5-9(15)16/h6-8H,1-5H2,(H2,15,16)(H,17,18). The van der Waals surface area contributed by atoms with Gasteiger partial charge in [-0.25, -0.2) is 0 Å². The highest BCUT2D eigenvalue weighted by molar-refractivity contribution is 5.81. The van der Waals surface area contributed by atoms with Crippen molar-refractivity contribution in [3.63, 3.8) is 0 Å². The Balaban J connectivity index is 2.59. The molecule has 0 aromatic heterocycles. The van der Waals surface area contributed by atoms with E-state index in [0.717, 1.165) is 0 Å². The zero-order chi connectivity index (χ0) is 13.9. The topological polar surface area (TPSA) is 80.4 Å². The van der Waals surface area contributed by atoms with Gasteiger partial charge in [-0.05, 0) is 31.6 Å². The monoisotopic (exact) mass is 267 g/mol. The summed E-state index contributed by atoms with van der Waals surface area (Å²) in [7, 11) is 0. The van der Waals surface area contributed by atoms with Crippen molar-refractivity contribution in [1.82, 2.24) is 0 Å². The molecule has 0 aromatic rings. The number of amides is 1. The summed E-state index contributed by atoms with van der Waals surface area (Å²) in [6.07, 6.45) is -4.32. The smallest absolute Gasteiger partial charge is 0.391 e. The highest BCUT2D eigenvalue weighted by Crippen LogP contribution is 2.42. The number of nitrogens with two attached hydrogens (primary N) is 1. The Labute approximate surface area is 102 Å². The maximum Gasteiger partial charge on any atom is 0.391 e. The summed E-state index contributed by atoms with van der Waals surface area (Å²) >= 11 is 0. The van der Waals surface area contributed by atoms with Crippen molar-refractivity contribution >= 4 is 11.9 Å². The van der Waals surface area contributed by atoms with Crippen molar-refractivity contribution in [3.05, 3.63) is 0 Å². The van der Waals surface area contributed by atoms with E-state index in [2.05, 4.69) is 0 Å². The van der Waals surface area contributed by atoms with Crippen molar-refractivity contribution in [2.45, 2.75) is 38.3 Å². The molecule has 0 radical (unpaired) electrons. The van der Waals surface area contributed by atoms with Crippen molar-refractivity contribution < 1.29 is 27.9 Å². The summed E-state index contributed by atoms with van der Waals surface area (Å²) in [6, 6.07) is 0. The predicted molar refractivity (Wildman–Crippen MR) is 56.4 cm³/mol. The summed E-state index contributed by atoms with van der Waals surface area (Å²) in [5.41, 5.74) is 4.95. The van der Waals surface area contributed by atoms with E-state index >= 15 is 0 Å². The lowest BCUT2D eigenvalue weighted by atomic mass is 9.74. The van der Waals surface area contributed by atoms with Crippen LogP contribution < -0.4 is 5.73 Å². The fraction of sp³-hybridized carbons (Fsp3) is 0.818. The molecule has 7 heteroatoms. The predicted octanol–water partition coefficient (Wildman–Crippen LogP) is 1.93. The second kappa shape index (κ2) is 5.58. The lowest BCUT2D eigenvalue weighted by molar-refractivity contribution is -0.185. The fourth-order valence-corrected chi connectivity index (χ4v) is 2.52. The van der Waals surface area contributed by atoms with Gasteiger partial charge in [0.25, 0.3) is 0 Å². The van der Waals surface area contributed by atoms with Gasteiger partial charge in [0.05, 0.1) is 11.8 Å². The number of aliphatic carboxylic acids is 1. The van der Waals surface area contributed by atoms with E-state index in [4.69, 9.17) is 10.8 Å². The number of carboxylic acid groups (broad SMARTS) is 1. The Bertz CT molecular complexity index is 322. The molecule has 3 N–H and O–H groups in total. The van der Waals surface area contributed by atoms with E-state index in [-0.39, 0.29) is 32.1 Å². The lowest BCUT2D eigenvalue weighted by Crippen LogP contribution is -2.34. The highest BCUT2D eigenvalue weighted by Gasteiger charge is 2.43. The van der Waals surface area contributed by atoms with E-state index < -0.39 is 35.8 Å². The molecule has 0 saturated heterocycles. The van der Waals surface area contributed by atoms with Gasteiger partial charge in [0, 0.05) is 6.42 Å². The number of hydrogen-bond donors (Lipinski definition) is 2. The van der Waals surface area contributed by atoms with Crippen LogP contribution in [0, 0.1) is 17.8 Å². The number of alkyl halides is 3. The van der Waals surface area contributed by atoms with Crippen LogP contribution in [0.2, 0.25) is 0 Å². The van der Waals surface area contributed by atoms with Crippen LogP contribution in [-0.2, 0) is 9.59 Å². The van der Waals surface area contributed by atoms with Crippen molar-refractivity contribution in [1.29, 1.82) is 0 Å². The SMILES string of the molecule is NC(=O)CC(C(=O)O)C1CCC(C(F)(F)F)CC1. The average molecular weight is 267 g/mol. The van der Waals surface area contributed by atoms with Crippen molar-refractivity contribution in [2.24, 2.45) is 23.5 Å². The first kappa shape index (κ1) is 14.8. The van der Waals surface area contributed by atoms with Crippen LogP contribution in [0.1, 0.15) is 32.1 Å². The molecular weight excluding hydrogens is 251 g/mol. The minimum absolute atomic E-state index is 0.0727. The first-order valence-corrected chi connectivity index (χ1v) is 5.79. The van der Waals surface area contributed by atoms with Crippen molar-refractivity contribution in [2.75, 3.05) is 0 Å². The van der Waals surface area contributed by atoms with E-state index in [9.17, 15) is 22.8 Å². The zero-order valence-electron chi connectivity index (χ0n) is 9.74. The van der Waals surface area contributed by atoms with Crippen molar-refractivity contribution in [3.8, 4) is 0 Å². The molecule has 1 unspecified atom stereocenters. The summed E-state index contributed by atoms with van der Waals surface area (Å²) in [5, 5.41) is 8.97. The van der Waals surface area contributed by atoms with Crippen LogP contribution in [0.3, 0.4) is 0 Å². The molecule has 1 amide bonds. The molecule has 1 aliphatic carbocycles. The van der Waals surface area contributed by atoms with Gasteiger partial charge >= 0.3 is 12.1 Å². The molecule has 0 spiro atoms. The molecule has 1 rings (SSSR count).